The lowest BCUT2D eigenvalue weighted by atomic mass is 10.2. The first-order valence-electron chi connectivity index (χ1n) is 6.36. The molecule has 7 heteroatoms. The number of aromatic nitrogens is 2. The molecule has 4 nitrogen and oxygen atoms in total. The van der Waals surface area contributed by atoms with Crippen molar-refractivity contribution in [3.05, 3.63) is 64.6 Å². The highest BCUT2D eigenvalue weighted by molar-refractivity contribution is 6.30. The molecule has 1 amide bonds. The molecule has 2 heterocycles. The van der Waals surface area contributed by atoms with E-state index in [1.54, 1.807) is 25.3 Å². The number of anilines is 1. The molecular formula is C15H10ClF2N3O. The molecule has 2 aromatic heterocycles. The van der Waals surface area contributed by atoms with Crippen molar-refractivity contribution in [2.75, 3.05) is 5.32 Å². The van der Waals surface area contributed by atoms with Gasteiger partial charge in [-0.15, -0.1) is 0 Å². The Balaban J connectivity index is 2.02. The Bertz CT molecular complexity index is 892. The molecule has 0 bridgehead atoms. The largest absolute Gasteiger partial charge is 0.318 e. The van der Waals surface area contributed by atoms with Gasteiger partial charge in [-0.1, -0.05) is 11.6 Å². The van der Waals surface area contributed by atoms with Crippen molar-refractivity contribution >= 4 is 28.8 Å². The highest BCUT2D eigenvalue weighted by atomic mass is 35.5. The van der Waals surface area contributed by atoms with Crippen LogP contribution in [0.5, 0.6) is 0 Å². The van der Waals surface area contributed by atoms with Crippen LogP contribution in [0.3, 0.4) is 0 Å². The molecule has 0 radical (unpaired) electrons. The molecular weight excluding hydrogens is 312 g/mol. The predicted octanol–water partition coefficient (Wildman–Crippen LogP) is 3.83. The average molecular weight is 322 g/mol. The van der Waals surface area contributed by atoms with Gasteiger partial charge in [0, 0.05) is 12.3 Å². The zero-order chi connectivity index (χ0) is 15.9. The summed E-state index contributed by atoms with van der Waals surface area (Å²) >= 11 is 5.93. The molecule has 0 spiro atoms. The van der Waals surface area contributed by atoms with Gasteiger partial charge in [-0.3, -0.25) is 9.20 Å². The molecule has 3 rings (SSSR count). The summed E-state index contributed by atoms with van der Waals surface area (Å²) in [6.07, 6.45) is 1.55. The highest BCUT2D eigenvalue weighted by Crippen LogP contribution is 2.19. The van der Waals surface area contributed by atoms with Crippen LogP contribution in [0.4, 0.5) is 14.5 Å². The molecule has 1 aromatic carbocycles. The molecule has 0 aliphatic carbocycles. The number of pyridine rings is 1. The fourth-order valence-electron chi connectivity index (χ4n) is 2.18. The van der Waals surface area contributed by atoms with Crippen LogP contribution >= 0.6 is 11.6 Å². The second kappa shape index (κ2) is 5.38. The van der Waals surface area contributed by atoms with Crippen LogP contribution in [0, 0.1) is 18.6 Å². The Morgan fingerprint density at radius 3 is 2.77 bits per heavy atom. The van der Waals surface area contributed by atoms with E-state index in [9.17, 15) is 13.6 Å². The second-order valence-electron chi connectivity index (χ2n) is 4.70. The number of fused-ring (bicyclic) bond motifs is 1. The van der Waals surface area contributed by atoms with Crippen molar-refractivity contribution in [3.63, 3.8) is 0 Å². The normalized spacial score (nSPS) is 10.9. The van der Waals surface area contributed by atoms with Crippen molar-refractivity contribution in [1.82, 2.24) is 9.38 Å². The number of benzene rings is 1. The number of carbonyl (C=O) groups excluding carboxylic acids is 1. The number of nitrogens with zero attached hydrogens (tertiary/aromatic N) is 2. The van der Waals surface area contributed by atoms with E-state index in [2.05, 4.69) is 10.3 Å². The van der Waals surface area contributed by atoms with Gasteiger partial charge in [-0.25, -0.2) is 13.8 Å². The van der Waals surface area contributed by atoms with Gasteiger partial charge < -0.3 is 5.32 Å². The molecule has 0 aliphatic heterocycles. The first kappa shape index (κ1) is 14.5. The summed E-state index contributed by atoms with van der Waals surface area (Å²) in [5, 5.41) is 2.84. The third kappa shape index (κ3) is 2.53. The SMILES string of the molecule is Cc1nc2ccc(Cl)cn2c1C(=O)Nc1ccc(F)cc1F. The molecule has 0 aliphatic rings. The van der Waals surface area contributed by atoms with E-state index in [-0.39, 0.29) is 11.4 Å². The first-order chi connectivity index (χ1) is 10.5. The van der Waals surface area contributed by atoms with Crippen molar-refractivity contribution in [2.45, 2.75) is 6.92 Å². The average Bonchev–Trinajstić information content (AvgIpc) is 2.77. The Kier molecular flexibility index (Phi) is 3.54. The van der Waals surface area contributed by atoms with E-state index < -0.39 is 17.5 Å². The van der Waals surface area contributed by atoms with Crippen LogP contribution in [0.2, 0.25) is 5.02 Å². The molecule has 0 atom stereocenters. The minimum atomic E-state index is -0.849. The quantitative estimate of drug-likeness (QED) is 0.780. The van der Waals surface area contributed by atoms with Crippen molar-refractivity contribution in [2.24, 2.45) is 0 Å². The lowest BCUT2D eigenvalue weighted by Gasteiger charge is -2.07. The molecule has 0 unspecified atom stereocenters. The van der Waals surface area contributed by atoms with Gasteiger partial charge in [0.25, 0.3) is 5.91 Å². The van der Waals surface area contributed by atoms with E-state index in [1.807, 2.05) is 0 Å². The molecule has 0 saturated carbocycles. The van der Waals surface area contributed by atoms with Crippen LogP contribution in [-0.4, -0.2) is 15.3 Å². The van der Waals surface area contributed by atoms with E-state index in [4.69, 9.17) is 11.6 Å². The Morgan fingerprint density at radius 2 is 2.05 bits per heavy atom. The van der Waals surface area contributed by atoms with E-state index in [0.717, 1.165) is 12.1 Å². The van der Waals surface area contributed by atoms with Gasteiger partial charge in [0.15, 0.2) is 0 Å². The third-order valence-electron chi connectivity index (χ3n) is 3.15. The van der Waals surface area contributed by atoms with Crippen LogP contribution in [0.1, 0.15) is 16.2 Å². The van der Waals surface area contributed by atoms with Gasteiger partial charge in [-0.05, 0) is 31.2 Å². The first-order valence-corrected chi connectivity index (χ1v) is 6.74. The van der Waals surface area contributed by atoms with Crippen molar-refractivity contribution in [3.8, 4) is 0 Å². The molecule has 0 fully saturated rings. The number of imidazole rings is 1. The smallest absolute Gasteiger partial charge is 0.274 e. The Hall–Kier alpha value is -2.47. The fourth-order valence-corrected chi connectivity index (χ4v) is 2.34. The maximum absolute atomic E-state index is 13.6. The van der Waals surface area contributed by atoms with E-state index in [0.29, 0.717) is 22.4 Å². The van der Waals surface area contributed by atoms with E-state index in [1.165, 1.54) is 4.40 Å². The second-order valence-corrected chi connectivity index (χ2v) is 5.14. The fraction of sp³-hybridized carbons (Fsp3) is 0.0667. The summed E-state index contributed by atoms with van der Waals surface area (Å²) in [5.74, 6) is -2.12. The van der Waals surface area contributed by atoms with Gasteiger partial charge in [-0.2, -0.15) is 0 Å². The monoisotopic (exact) mass is 321 g/mol. The molecule has 22 heavy (non-hydrogen) atoms. The Labute approximate surface area is 129 Å². The summed E-state index contributed by atoms with van der Waals surface area (Å²) in [7, 11) is 0. The number of hydrogen-bond donors (Lipinski definition) is 1. The van der Waals surface area contributed by atoms with Gasteiger partial charge in [0.2, 0.25) is 0 Å². The lowest BCUT2D eigenvalue weighted by molar-refractivity contribution is 0.102. The maximum atomic E-state index is 13.6. The van der Waals surface area contributed by atoms with Gasteiger partial charge in [0.1, 0.15) is 23.0 Å². The number of halogens is 3. The van der Waals surface area contributed by atoms with Gasteiger partial charge in [0.05, 0.1) is 16.4 Å². The number of aryl methyl sites for hydroxylation is 1. The predicted molar refractivity (Wildman–Crippen MR) is 79.3 cm³/mol. The summed E-state index contributed by atoms with van der Waals surface area (Å²) in [5.41, 5.74) is 1.15. The van der Waals surface area contributed by atoms with Crippen LogP contribution < -0.4 is 5.32 Å². The van der Waals surface area contributed by atoms with Crippen molar-refractivity contribution in [1.29, 1.82) is 0 Å². The van der Waals surface area contributed by atoms with Crippen LogP contribution in [-0.2, 0) is 0 Å². The third-order valence-corrected chi connectivity index (χ3v) is 3.37. The number of nitrogens with one attached hydrogen (secondary N) is 1. The molecule has 112 valence electrons. The zero-order valence-electron chi connectivity index (χ0n) is 11.4. The highest BCUT2D eigenvalue weighted by Gasteiger charge is 2.18. The minimum absolute atomic E-state index is 0.109. The summed E-state index contributed by atoms with van der Waals surface area (Å²) < 4.78 is 28.0. The Morgan fingerprint density at radius 1 is 1.27 bits per heavy atom. The molecule has 1 N–H and O–H groups in total. The zero-order valence-corrected chi connectivity index (χ0v) is 12.2. The number of amides is 1. The molecule has 0 saturated heterocycles. The molecule has 3 aromatic rings. The summed E-state index contributed by atoms with van der Waals surface area (Å²) in [6.45, 7) is 1.66. The van der Waals surface area contributed by atoms with Crippen molar-refractivity contribution < 1.29 is 13.6 Å². The number of hydrogen-bond acceptors (Lipinski definition) is 2. The topological polar surface area (TPSA) is 46.4 Å². The minimum Gasteiger partial charge on any atom is -0.318 e. The summed E-state index contributed by atoms with van der Waals surface area (Å²) in [4.78, 5) is 16.6. The lowest BCUT2D eigenvalue weighted by Crippen LogP contribution is -2.16. The van der Waals surface area contributed by atoms with E-state index >= 15 is 0 Å². The summed E-state index contributed by atoms with van der Waals surface area (Å²) in [6, 6.07) is 6.26. The number of carbonyl (C=O) groups is 1. The standard InChI is InChI=1S/C15H10ClF2N3O/c1-8-14(21-7-9(16)2-5-13(21)19-8)15(22)20-12-4-3-10(17)6-11(12)18/h2-7H,1H3,(H,20,22). The van der Waals surface area contributed by atoms with Crippen LogP contribution in [0.15, 0.2) is 36.5 Å². The van der Waals surface area contributed by atoms with Crippen LogP contribution in [0.25, 0.3) is 5.65 Å². The maximum Gasteiger partial charge on any atom is 0.274 e. The van der Waals surface area contributed by atoms with Gasteiger partial charge >= 0.3 is 0 Å². The number of rotatable bonds is 2.